The number of rotatable bonds is 8. The van der Waals surface area contributed by atoms with E-state index in [9.17, 15) is 9.90 Å². The van der Waals surface area contributed by atoms with Crippen LogP contribution in [-0.2, 0) is 4.79 Å². The van der Waals surface area contributed by atoms with Gasteiger partial charge in [0.25, 0.3) is 0 Å². The zero-order valence-electron chi connectivity index (χ0n) is 11.6. The first-order valence-electron chi connectivity index (χ1n) is 6.57. The first-order chi connectivity index (χ1) is 7.86. The van der Waals surface area contributed by atoms with Crippen molar-refractivity contribution < 1.29 is 9.90 Å². The summed E-state index contributed by atoms with van der Waals surface area (Å²) in [5.74, 6) is 0.792. The highest BCUT2D eigenvalue weighted by Gasteiger charge is 2.19. The third kappa shape index (κ3) is 8.16. The number of hydrogen-bond donors (Lipinski definition) is 3. The van der Waals surface area contributed by atoms with Crippen molar-refractivity contribution >= 4 is 5.91 Å². The van der Waals surface area contributed by atoms with Gasteiger partial charge in [0.15, 0.2) is 0 Å². The highest BCUT2D eigenvalue weighted by molar-refractivity contribution is 5.76. The molecule has 0 aliphatic heterocycles. The average molecular weight is 244 g/mol. The molecule has 0 aromatic rings. The van der Waals surface area contributed by atoms with Gasteiger partial charge < -0.3 is 16.2 Å². The quantitative estimate of drug-likeness (QED) is 0.602. The SMILES string of the molecule is CCC(C)CNC(=O)C[C@H](O)[C@@H](N)CC(C)C. The molecule has 0 aromatic heterocycles. The molecule has 4 heteroatoms. The van der Waals surface area contributed by atoms with E-state index in [0.717, 1.165) is 12.8 Å². The Morgan fingerprint density at radius 2 is 1.94 bits per heavy atom. The Morgan fingerprint density at radius 3 is 2.41 bits per heavy atom. The molecular formula is C13H28N2O2. The van der Waals surface area contributed by atoms with E-state index >= 15 is 0 Å². The van der Waals surface area contributed by atoms with E-state index in [1.165, 1.54) is 0 Å². The second kappa shape index (κ2) is 8.48. The molecule has 3 atom stereocenters. The predicted octanol–water partition coefficient (Wildman–Crippen LogP) is 1.27. The Kier molecular flexibility index (Phi) is 8.17. The number of amides is 1. The maximum atomic E-state index is 11.5. The van der Waals surface area contributed by atoms with Gasteiger partial charge in [-0.05, 0) is 18.3 Å². The first kappa shape index (κ1) is 16.4. The molecule has 0 fully saturated rings. The van der Waals surface area contributed by atoms with E-state index < -0.39 is 6.10 Å². The van der Waals surface area contributed by atoms with Crippen LogP contribution in [0.15, 0.2) is 0 Å². The lowest BCUT2D eigenvalue weighted by molar-refractivity contribution is -0.123. The molecule has 0 rings (SSSR count). The Hall–Kier alpha value is -0.610. The predicted molar refractivity (Wildman–Crippen MR) is 70.5 cm³/mol. The fourth-order valence-electron chi connectivity index (χ4n) is 1.55. The fourth-order valence-corrected chi connectivity index (χ4v) is 1.55. The van der Waals surface area contributed by atoms with Crippen molar-refractivity contribution in [1.29, 1.82) is 0 Å². The summed E-state index contributed by atoms with van der Waals surface area (Å²) in [4.78, 5) is 11.5. The first-order valence-corrected chi connectivity index (χ1v) is 6.57. The van der Waals surface area contributed by atoms with Gasteiger partial charge in [-0.25, -0.2) is 0 Å². The minimum Gasteiger partial charge on any atom is -0.391 e. The van der Waals surface area contributed by atoms with Gasteiger partial charge in [0.1, 0.15) is 0 Å². The van der Waals surface area contributed by atoms with Gasteiger partial charge in [0.05, 0.1) is 12.5 Å². The largest absolute Gasteiger partial charge is 0.391 e. The van der Waals surface area contributed by atoms with Crippen LogP contribution >= 0.6 is 0 Å². The summed E-state index contributed by atoms with van der Waals surface area (Å²) in [5, 5.41) is 12.6. The van der Waals surface area contributed by atoms with Crippen molar-refractivity contribution in [2.45, 2.75) is 59.1 Å². The monoisotopic (exact) mass is 244 g/mol. The summed E-state index contributed by atoms with van der Waals surface area (Å²) in [6, 6.07) is -0.315. The van der Waals surface area contributed by atoms with Crippen molar-refractivity contribution in [2.75, 3.05) is 6.54 Å². The highest BCUT2D eigenvalue weighted by atomic mass is 16.3. The van der Waals surface area contributed by atoms with Crippen LogP contribution < -0.4 is 11.1 Å². The highest BCUT2D eigenvalue weighted by Crippen LogP contribution is 2.08. The summed E-state index contributed by atoms with van der Waals surface area (Å²) in [5.41, 5.74) is 5.82. The van der Waals surface area contributed by atoms with Gasteiger partial charge in [-0.1, -0.05) is 34.1 Å². The lowest BCUT2D eigenvalue weighted by Crippen LogP contribution is -2.40. The molecule has 0 heterocycles. The lowest BCUT2D eigenvalue weighted by atomic mass is 9.98. The molecule has 0 radical (unpaired) electrons. The zero-order chi connectivity index (χ0) is 13.4. The number of carbonyl (C=O) groups excluding carboxylic acids is 1. The zero-order valence-corrected chi connectivity index (χ0v) is 11.6. The standard InChI is InChI=1S/C13H28N2O2/c1-5-10(4)8-15-13(17)7-12(16)11(14)6-9(2)3/h9-12,16H,5-8,14H2,1-4H3,(H,15,17)/t10?,11-,12-/m0/s1. The van der Waals surface area contributed by atoms with Gasteiger partial charge in [-0.2, -0.15) is 0 Å². The molecule has 0 aromatic carbocycles. The molecule has 0 aliphatic rings. The maximum Gasteiger partial charge on any atom is 0.222 e. The topological polar surface area (TPSA) is 75.3 Å². The Morgan fingerprint density at radius 1 is 1.35 bits per heavy atom. The van der Waals surface area contributed by atoms with Crippen molar-refractivity contribution in [3.8, 4) is 0 Å². The van der Waals surface area contributed by atoms with E-state index in [1.807, 2.05) is 0 Å². The van der Waals surface area contributed by atoms with Crippen molar-refractivity contribution in [1.82, 2.24) is 5.32 Å². The van der Waals surface area contributed by atoms with Crippen molar-refractivity contribution in [2.24, 2.45) is 17.6 Å². The van der Waals surface area contributed by atoms with Crippen LogP contribution in [0.25, 0.3) is 0 Å². The van der Waals surface area contributed by atoms with Gasteiger partial charge in [0.2, 0.25) is 5.91 Å². The van der Waals surface area contributed by atoms with E-state index in [-0.39, 0.29) is 18.4 Å². The summed E-state index contributed by atoms with van der Waals surface area (Å²) in [7, 11) is 0. The van der Waals surface area contributed by atoms with Crippen molar-refractivity contribution in [3.05, 3.63) is 0 Å². The van der Waals surface area contributed by atoms with Gasteiger partial charge in [0, 0.05) is 12.6 Å². The molecule has 0 aliphatic carbocycles. The summed E-state index contributed by atoms with van der Waals surface area (Å²) >= 11 is 0. The maximum absolute atomic E-state index is 11.5. The minimum atomic E-state index is -0.741. The van der Waals surface area contributed by atoms with Crippen LogP contribution in [0.4, 0.5) is 0 Å². The Bertz CT molecular complexity index is 219. The minimum absolute atomic E-state index is 0.102. The Labute approximate surface area is 105 Å². The second-order valence-electron chi connectivity index (χ2n) is 5.38. The van der Waals surface area contributed by atoms with Crippen LogP contribution in [0.2, 0.25) is 0 Å². The van der Waals surface area contributed by atoms with Crippen LogP contribution in [0.3, 0.4) is 0 Å². The number of aliphatic hydroxyl groups is 1. The summed E-state index contributed by atoms with van der Waals surface area (Å²) < 4.78 is 0. The molecule has 1 amide bonds. The van der Waals surface area contributed by atoms with Crippen LogP contribution in [0.1, 0.15) is 47.0 Å². The smallest absolute Gasteiger partial charge is 0.222 e. The second-order valence-corrected chi connectivity index (χ2v) is 5.38. The van der Waals surface area contributed by atoms with Crippen LogP contribution in [0, 0.1) is 11.8 Å². The molecule has 17 heavy (non-hydrogen) atoms. The van der Waals surface area contributed by atoms with Crippen LogP contribution in [-0.4, -0.2) is 29.7 Å². The van der Waals surface area contributed by atoms with Crippen LogP contribution in [0.5, 0.6) is 0 Å². The average Bonchev–Trinajstić information content (AvgIpc) is 2.24. The number of nitrogens with one attached hydrogen (secondary N) is 1. The third-order valence-electron chi connectivity index (χ3n) is 2.98. The normalized spacial score (nSPS) is 16.6. The Balaban J connectivity index is 3.86. The molecule has 0 saturated carbocycles. The summed E-state index contributed by atoms with van der Waals surface area (Å²) in [6.45, 7) is 8.94. The third-order valence-corrected chi connectivity index (χ3v) is 2.98. The molecule has 0 saturated heterocycles. The molecule has 1 unspecified atom stereocenters. The van der Waals surface area contributed by atoms with E-state index in [4.69, 9.17) is 5.73 Å². The van der Waals surface area contributed by atoms with E-state index in [2.05, 4.69) is 33.0 Å². The van der Waals surface area contributed by atoms with Gasteiger partial charge in [-0.15, -0.1) is 0 Å². The lowest BCUT2D eigenvalue weighted by Gasteiger charge is -2.20. The molecule has 4 N–H and O–H groups in total. The van der Waals surface area contributed by atoms with Crippen molar-refractivity contribution in [3.63, 3.8) is 0 Å². The van der Waals surface area contributed by atoms with Gasteiger partial charge in [-0.3, -0.25) is 4.79 Å². The number of hydrogen-bond acceptors (Lipinski definition) is 3. The number of carbonyl (C=O) groups is 1. The number of nitrogens with two attached hydrogens (primary N) is 1. The molecule has 102 valence electrons. The van der Waals surface area contributed by atoms with E-state index in [0.29, 0.717) is 18.4 Å². The molecule has 0 spiro atoms. The van der Waals surface area contributed by atoms with E-state index in [1.54, 1.807) is 0 Å². The molecule has 0 bridgehead atoms. The summed E-state index contributed by atoms with van der Waals surface area (Å²) in [6.07, 6.45) is 1.13. The fraction of sp³-hybridized carbons (Fsp3) is 0.923. The van der Waals surface area contributed by atoms with Gasteiger partial charge >= 0.3 is 0 Å². The number of aliphatic hydroxyl groups excluding tert-OH is 1. The molecule has 4 nitrogen and oxygen atoms in total. The molecular weight excluding hydrogens is 216 g/mol.